The molecule has 18 heavy (non-hydrogen) atoms. The Morgan fingerprint density at radius 2 is 1.67 bits per heavy atom. The van der Waals surface area contributed by atoms with Gasteiger partial charge in [-0.05, 0) is 18.3 Å². The predicted octanol–water partition coefficient (Wildman–Crippen LogP) is 1.73. The van der Waals surface area contributed by atoms with Crippen LogP contribution in [0.5, 0.6) is 0 Å². The number of carbonyl (C=O) groups is 2. The summed E-state index contributed by atoms with van der Waals surface area (Å²) in [6.07, 6.45) is 0. The second-order valence-corrected chi connectivity index (χ2v) is 6.50. The maximum atomic E-state index is 12.0. The first-order valence-electron chi connectivity index (χ1n) is 6.45. The lowest BCUT2D eigenvalue weighted by molar-refractivity contribution is -0.156. The van der Waals surface area contributed by atoms with E-state index >= 15 is 0 Å². The Morgan fingerprint density at radius 3 is 2.11 bits per heavy atom. The third kappa shape index (κ3) is 3.46. The Bertz CT molecular complexity index is 325. The minimum Gasteiger partial charge on any atom is -0.333 e. The van der Waals surface area contributed by atoms with Crippen molar-refractivity contribution in [1.29, 1.82) is 0 Å². The third-order valence-corrected chi connectivity index (χ3v) is 4.41. The van der Waals surface area contributed by atoms with Crippen molar-refractivity contribution in [2.75, 3.05) is 31.5 Å². The fourth-order valence-corrected chi connectivity index (χ4v) is 3.19. The van der Waals surface area contributed by atoms with Gasteiger partial charge in [0.05, 0.1) is 0 Å². The van der Waals surface area contributed by atoms with E-state index in [1.807, 2.05) is 6.92 Å². The van der Waals surface area contributed by atoms with E-state index in [1.165, 1.54) is 0 Å². The second kappa shape index (κ2) is 6.04. The first kappa shape index (κ1) is 15.5. The molecule has 0 aliphatic carbocycles. The highest BCUT2D eigenvalue weighted by atomic mass is 79.9. The molecule has 0 radical (unpaired) electrons. The molecule has 0 aromatic rings. The van der Waals surface area contributed by atoms with Crippen LogP contribution in [0.4, 0.5) is 0 Å². The quantitative estimate of drug-likeness (QED) is 0.585. The van der Waals surface area contributed by atoms with Gasteiger partial charge in [-0.2, -0.15) is 0 Å². The zero-order chi connectivity index (χ0) is 13.9. The standard InChI is InChI=1S/C13H23BrN2O2/c1-5-15-6-7-16(12(18)11(15)17)9-10(8-14)13(2,3)4/h10H,5-9H2,1-4H3. The van der Waals surface area contributed by atoms with Crippen LogP contribution in [-0.2, 0) is 9.59 Å². The summed E-state index contributed by atoms with van der Waals surface area (Å²) in [4.78, 5) is 27.1. The molecule has 1 fully saturated rings. The Hall–Kier alpha value is -0.580. The monoisotopic (exact) mass is 318 g/mol. The van der Waals surface area contributed by atoms with Crippen LogP contribution in [0.1, 0.15) is 27.7 Å². The van der Waals surface area contributed by atoms with Crippen LogP contribution in [-0.4, -0.2) is 53.1 Å². The highest BCUT2D eigenvalue weighted by Gasteiger charge is 2.34. The largest absolute Gasteiger partial charge is 0.333 e. The van der Waals surface area contributed by atoms with Gasteiger partial charge in [-0.25, -0.2) is 0 Å². The summed E-state index contributed by atoms with van der Waals surface area (Å²) < 4.78 is 0. The zero-order valence-corrected chi connectivity index (χ0v) is 13.3. The molecular formula is C13H23BrN2O2. The summed E-state index contributed by atoms with van der Waals surface area (Å²) in [6, 6.07) is 0. The smallest absolute Gasteiger partial charge is 0.312 e. The molecule has 1 aliphatic rings. The van der Waals surface area contributed by atoms with Gasteiger partial charge in [0, 0.05) is 31.5 Å². The number of alkyl halides is 1. The molecule has 0 saturated carbocycles. The molecule has 1 saturated heterocycles. The van der Waals surface area contributed by atoms with Gasteiger partial charge in [-0.1, -0.05) is 36.7 Å². The molecule has 0 aromatic heterocycles. The second-order valence-electron chi connectivity index (χ2n) is 5.85. The Balaban J connectivity index is 2.69. The first-order chi connectivity index (χ1) is 8.31. The fourth-order valence-electron chi connectivity index (χ4n) is 2.01. The van der Waals surface area contributed by atoms with E-state index in [0.29, 0.717) is 32.1 Å². The van der Waals surface area contributed by atoms with E-state index in [4.69, 9.17) is 0 Å². The topological polar surface area (TPSA) is 40.6 Å². The van der Waals surface area contributed by atoms with Gasteiger partial charge in [0.25, 0.3) is 0 Å². The molecule has 0 spiro atoms. The molecule has 1 atom stereocenters. The lowest BCUT2D eigenvalue weighted by atomic mass is 9.81. The highest BCUT2D eigenvalue weighted by Crippen LogP contribution is 2.28. The number of halogens is 1. The summed E-state index contributed by atoms with van der Waals surface area (Å²) in [5, 5.41) is 0.839. The number of rotatable bonds is 4. The summed E-state index contributed by atoms with van der Waals surface area (Å²) in [5.41, 5.74) is 0.120. The van der Waals surface area contributed by atoms with Crippen molar-refractivity contribution in [2.24, 2.45) is 11.3 Å². The van der Waals surface area contributed by atoms with Gasteiger partial charge in [-0.3, -0.25) is 9.59 Å². The van der Waals surface area contributed by atoms with Crippen molar-refractivity contribution in [3.05, 3.63) is 0 Å². The highest BCUT2D eigenvalue weighted by molar-refractivity contribution is 9.09. The molecule has 1 unspecified atom stereocenters. The Labute approximate surface area is 118 Å². The number of carbonyl (C=O) groups excluding carboxylic acids is 2. The Morgan fingerprint density at radius 1 is 1.17 bits per heavy atom. The van der Waals surface area contributed by atoms with Crippen molar-refractivity contribution in [2.45, 2.75) is 27.7 Å². The summed E-state index contributed by atoms with van der Waals surface area (Å²) in [7, 11) is 0. The molecule has 4 nitrogen and oxygen atoms in total. The van der Waals surface area contributed by atoms with Gasteiger partial charge >= 0.3 is 11.8 Å². The van der Waals surface area contributed by atoms with Crippen LogP contribution in [0.15, 0.2) is 0 Å². The molecule has 0 aromatic carbocycles. The van der Waals surface area contributed by atoms with Crippen LogP contribution < -0.4 is 0 Å². The van der Waals surface area contributed by atoms with Gasteiger partial charge in [0.1, 0.15) is 0 Å². The molecule has 1 aliphatic heterocycles. The Kier molecular flexibility index (Phi) is 5.20. The van der Waals surface area contributed by atoms with E-state index in [-0.39, 0.29) is 17.2 Å². The van der Waals surface area contributed by atoms with Crippen molar-refractivity contribution in [3.63, 3.8) is 0 Å². The average molecular weight is 319 g/mol. The van der Waals surface area contributed by atoms with Crippen LogP contribution in [0.3, 0.4) is 0 Å². The number of nitrogens with zero attached hydrogens (tertiary/aromatic N) is 2. The van der Waals surface area contributed by atoms with E-state index in [1.54, 1.807) is 9.80 Å². The molecule has 0 bridgehead atoms. The predicted molar refractivity (Wildman–Crippen MR) is 75.6 cm³/mol. The number of piperazine rings is 1. The van der Waals surface area contributed by atoms with E-state index in [2.05, 4.69) is 36.7 Å². The van der Waals surface area contributed by atoms with Crippen molar-refractivity contribution in [3.8, 4) is 0 Å². The lowest BCUT2D eigenvalue weighted by Crippen LogP contribution is -2.55. The van der Waals surface area contributed by atoms with Crippen LogP contribution in [0.2, 0.25) is 0 Å². The molecule has 0 N–H and O–H groups in total. The molecule has 5 heteroatoms. The van der Waals surface area contributed by atoms with Crippen LogP contribution in [0.25, 0.3) is 0 Å². The lowest BCUT2D eigenvalue weighted by Gasteiger charge is -2.38. The number of likely N-dealkylation sites (N-methyl/N-ethyl adjacent to an activating group) is 1. The first-order valence-corrected chi connectivity index (χ1v) is 7.57. The number of hydrogen-bond donors (Lipinski definition) is 0. The SMILES string of the molecule is CCN1CCN(CC(CBr)C(C)(C)C)C(=O)C1=O. The van der Waals surface area contributed by atoms with E-state index in [9.17, 15) is 9.59 Å². The normalized spacial score (nSPS) is 19.4. The minimum atomic E-state index is -0.356. The maximum absolute atomic E-state index is 12.0. The summed E-state index contributed by atoms with van der Waals surface area (Å²) >= 11 is 3.51. The van der Waals surface area contributed by atoms with Crippen LogP contribution in [0, 0.1) is 11.3 Å². The number of hydrogen-bond acceptors (Lipinski definition) is 2. The van der Waals surface area contributed by atoms with Crippen molar-refractivity contribution >= 4 is 27.7 Å². The number of amides is 2. The van der Waals surface area contributed by atoms with Gasteiger partial charge in [0.15, 0.2) is 0 Å². The van der Waals surface area contributed by atoms with E-state index < -0.39 is 0 Å². The van der Waals surface area contributed by atoms with E-state index in [0.717, 1.165) is 5.33 Å². The van der Waals surface area contributed by atoms with Gasteiger partial charge in [-0.15, -0.1) is 0 Å². The maximum Gasteiger partial charge on any atom is 0.312 e. The van der Waals surface area contributed by atoms with Crippen LogP contribution >= 0.6 is 15.9 Å². The molecule has 1 rings (SSSR count). The third-order valence-electron chi connectivity index (χ3n) is 3.63. The molecule has 104 valence electrons. The molecule has 2 amide bonds. The minimum absolute atomic E-state index is 0.120. The summed E-state index contributed by atoms with van der Waals surface area (Å²) in [5.74, 6) is -0.355. The molecular weight excluding hydrogens is 296 g/mol. The van der Waals surface area contributed by atoms with Gasteiger partial charge in [0.2, 0.25) is 0 Å². The zero-order valence-electron chi connectivity index (χ0n) is 11.7. The summed E-state index contributed by atoms with van der Waals surface area (Å²) in [6.45, 7) is 10.9. The fraction of sp³-hybridized carbons (Fsp3) is 0.846. The molecule has 1 heterocycles. The average Bonchev–Trinajstić information content (AvgIpc) is 2.29. The van der Waals surface area contributed by atoms with Crippen molar-refractivity contribution < 1.29 is 9.59 Å². The van der Waals surface area contributed by atoms with Crippen molar-refractivity contribution in [1.82, 2.24) is 9.80 Å². The van der Waals surface area contributed by atoms with Gasteiger partial charge < -0.3 is 9.80 Å².